The lowest BCUT2D eigenvalue weighted by atomic mass is 9.98. The fourth-order valence-electron chi connectivity index (χ4n) is 2.57. The predicted molar refractivity (Wildman–Crippen MR) is 88.2 cm³/mol. The Bertz CT molecular complexity index is 713. The van der Waals surface area contributed by atoms with Gasteiger partial charge in [0.15, 0.2) is 0 Å². The summed E-state index contributed by atoms with van der Waals surface area (Å²) in [4.78, 5) is 0. The van der Waals surface area contributed by atoms with Gasteiger partial charge in [-0.25, -0.2) is 0 Å². The fraction of sp³-hybridized carbons (Fsp3) is 0.176. The van der Waals surface area contributed by atoms with Gasteiger partial charge in [0.2, 0.25) is 0 Å². The third-order valence-corrected chi connectivity index (χ3v) is 4.01. The van der Waals surface area contributed by atoms with Gasteiger partial charge in [-0.2, -0.15) is 0 Å². The quantitative estimate of drug-likeness (QED) is 0.422. The van der Waals surface area contributed by atoms with E-state index in [-0.39, 0.29) is 0 Å². The standard InChI is InChI=1S/C17H15I/c1-2-5-14-9-16(18)10-15-8-12-6-3-4-7-13(12)11-17(14)15/h3-4,6-11H,2,5H2,1H3. The molecular formula is C17H15I. The molecule has 0 spiro atoms. The maximum absolute atomic E-state index is 2.42. The van der Waals surface area contributed by atoms with Gasteiger partial charge in [-0.3, -0.25) is 0 Å². The maximum atomic E-state index is 2.42. The average molecular weight is 346 g/mol. The third kappa shape index (κ3) is 2.12. The molecule has 0 saturated carbocycles. The Morgan fingerprint density at radius 1 is 0.889 bits per heavy atom. The summed E-state index contributed by atoms with van der Waals surface area (Å²) in [5.74, 6) is 0. The van der Waals surface area contributed by atoms with Gasteiger partial charge < -0.3 is 0 Å². The third-order valence-electron chi connectivity index (χ3n) is 3.39. The van der Waals surface area contributed by atoms with Crippen molar-refractivity contribution >= 4 is 44.1 Å². The summed E-state index contributed by atoms with van der Waals surface area (Å²) in [6, 6.07) is 17.9. The summed E-state index contributed by atoms with van der Waals surface area (Å²) in [6.07, 6.45) is 2.35. The number of rotatable bonds is 2. The molecule has 0 aliphatic rings. The summed E-state index contributed by atoms with van der Waals surface area (Å²) < 4.78 is 1.33. The van der Waals surface area contributed by atoms with Gasteiger partial charge in [-0.05, 0) is 80.4 Å². The van der Waals surface area contributed by atoms with Crippen LogP contribution in [0.1, 0.15) is 18.9 Å². The highest BCUT2D eigenvalue weighted by molar-refractivity contribution is 14.1. The molecule has 0 N–H and O–H groups in total. The monoisotopic (exact) mass is 346 g/mol. The zero-order valence-electron chi connectivity index (χ0n) is 10.4. The molecule has 0 bridgehead atoms. The highest BCUT2D eigenvalue weighted by atomic mass is 127. The van der Waals surface area contributed by atoms with E-state index < -0.39 is 0 Å². The van der Waals surface area contributed by atoms with E-state index in [4.69, 9.17) is 0 Å². The van der Waals surface area contributed by atoms with Crippen LogP contribution in [0.4, 0.5) is 0 Å². The van der Waals surface area contributed by atoms with Crippen LogP contribution in [0.3, 0.4) is 0 Å². The first-order chi connectivity index (χ1) is 8.78. The van der Waals surface area contributed by atoms with Crippen LogP contribution in [0.25, 0.3) is 21.5 Å². The molecule has 0 aliphatic heterocycles. The second kappa shape index (κ2) is 4.88. The topological polar surface area (TPSA) is 0 Å². The minimum absolute atomic E-state index is 1.16. The number of halogens is 1. The number of hydrogen-bond acceptors (Lipinski definition) is 0. The van der Waals surface area contributed by atoms with Crippen molar-refractivity contribution < 1.29 is 0 Å². The van der Waals surface area contributed by atoms with Gasteiger partial charge in [0.05, 0.1) is 0 Å². The van der Waals surface area contributed by atoms with Crippen LogP contribution >= 0.6 is 22.6 Å². The summed E-state index contributed by atoms with van der Waals surface area (Å²) in [6.45, 7) is 2.24. The summed E-state index contributed by atoms with van der Waals surface area (Å²) in [5.41, 5.74) is 1.48. The average Bonchev–Trinajstić information content (AvgIpc) is 2.37. The molecule has 0 aromatic heterocycles. The van der Waals surface area contributed by atoms with Crippen molar-refractivity contribution in [2.24, 2.45) is 0 Å². The van der Waals surface area contributed by atoms with Crippen LogP contribution in [0.15, 0.2) is 48.5 Å². The molecule has 0 aliphatic carbocycles. The van der Waals surface area contributed by atoms with E-state index in [9.17, 15) is 0 Å². The summed E-state index contributed by atoms with van der Waals surface area (Å²) >= 11 is 2.42. The summed E-state index contributed by atoms with van der Waals surface area (Å²) in [5, 5.41) is 5.44. The van der Waals surface area contributed by atoms with E-state index in [0.29, 0.717) is 0 Å². The Morgan fingerprint density at radius 2 is 1.61 bits per heavy atom. The molecule has 3 aromatic rings. The van der Waals surface area contributed by atoms with Gasteiger partial charge in [-0.15, -0.1) is 0 Å². The molecule has 0 radical (unpaired) electrons. The molecule has 0 amide bonds. The van der Waals surface area contributed by atoms with Gasteiger partial charge in [0, 0.05) is 3.57 Å². The lowest BCUT2D eigenvalue weighted by molar-refractivity contribution is 0.929. The van der Waals surface area contributed by atoms with Crippen LogP contribution in [0.5, 0.6) is 0 Å². The highest BCUT2D eigenvalue weighted by Crippen LogP contribution is 2.28. The van der Waals surface area contributed by atoms with E-state index in [2.05, 4.69) is 78.0 Å². The molecule has 0 heterocycles. The van der Waals surface area contributed by atoms with Crippen molar-refractivity contribution in [3.63, 3.8) is 0 Å². The maximum Gasteiger partial charge on any atom is 0.0139 e. The van der Waals surface area contributed by atoms with E-state index in [1.54, 1.807) is 0 Å². The SMILES string of the molecule is CCCc1cc(I)cc2cc3ccccc3cc12. The molecule has 0 saturated heterocycles. The van der Waals surface area contributed by atoms with Crippen molar-refractivity contribution in [3.05, 3.63) is 57.7 Å². The minimum Gasteiger partial charge on any atom is -0.0651 e. The van der Waals surface area contributed by atoms with Crippen molar-refractivity contribution in [1.82, 2.24) is 0 Å². The number of hydrogen-bond donors (Lipinski definition) is 0. The Kier molecular flexibility index (Phi) is 3.25. The minimum atomic E-state index is 1.16. The summed E-state index contributed by atoms with van der Waals surface area (Å²) in [7, 11) is 0. The van der Waals surface area contributed by atoms with Crippen molar-refractivity contribution in [2.45, 2.75) is 19.8 Å². The first kappa shape index (κ1) is 12.0. The van der Waals surface area contributed by atoms with Crippen molar-refractivity contribution in [3.8, 4) is 0 Å². The molecule has 0 fully saturated rings. The molecule has 0 nitrogen and oxygen atoms in total. The zero-order valence-corrected chi connectivity index (χ0v) is 12.6. The first-order valence-electron chi connectivity index (χ1n) is 6.39. The second-order valence-electron chi connectivity index (χ2n) is 4.74. The largest absolute Gasteiger partial charge is 0.0651 e. The lowest BCUT2D eigenvalue weighted by Gasteiger charge is -2.09. The van der Waals surface area contributed by atoms with E-state index >= 15 is 0 Å². The smallest absolute Gasteiger partial charge is 0.0139 e. The Labute approximate surface area is 121 Å². The van der Waals surface area contributed by atoms with Crippen LogP contribution in [-0.4, -0.2) is 0 Å². The molecular weight excluding hydrogens is 331 g/mol. The zero-order chi connectivity index (χ0) is 12.5. The number of fused-ring (bicyclic) bond motifs is 2. The van der Waals surface area contributed by atoms with Crippen LogP contribution in [0, 0.1) is 3.57 Å². The van der Waals surface area contributed by atoms with E-state index in [0.717, 1.165) is 6.42 Å². The van der Waals surface area contributed by atoms with Crippen LogP contribution < -0.4 is 0 Å². The fourth-order valence-corrected chi connectivity index (χ4v) is 3.28. The van der Waals surface area contributed by atoms with E-state index in [1.165, 1.54) is 37.1 Å². The predicted octanol–water partition coefficient (Wildman–Crippen LogP) is 5.55. The number of benzene rings is 3. The van der Waals surface area contributed by atoms with Crippen molar-refractivity contribution in [1.29, 1.82) is 0 Å². The van der Waals surface area contributed by atoms with Gasteiger partial charge in [0.25, 0.3) is 0 Å². The molecule has 0 unspecified atom stereocenters. The molecule has 3 rings (SSSR count). The van der Waals surface area contributed by atoms with E-state index in [1.807, 2.05) is 0 Å². The first-order valence-corrected chi connectivity index (χ1v) is 7.47. The molecule has 18 heavy (non-hydrogen) atoms. The lowest BCUT2D eigenvalue weighted by Crippen LogP contribution is -1.88. The van der Waals surface area contributed by atoms with Crippen LogP contribution in [-0.2, 0) is 6.42 Å². The van der Waals surface area contributed by atoms with Crippen LogP contribution in [0.2, 0.25) is 0 Å². The Hall–Kier alpha value is -1.09. The Morgan fingerprint density at radius 3 is 2.33 bits per heavy atom. The van der Waals surface area contributed by atoms with Gasteiger partial charge in [0.1, 0.15) is 0 Å². The highest BCUT2D eigenvalue weighted by Gasteiger charge is 2.04. The normalized spacial score (nSPS) is 11.2. The molecule has 1 heteroatoms. The second-order valence-corrected chi connectivity index (χ2v) is 5.98. The molecule has 3 aromatic carbocycles. The number of aryl methyl sites for hydroxylation is 1. The molecule has 90 valence electrons. The molecule has 0 atom stereocenters. The Balaban J connectivity index is 2.38. The van der Waals surface area contributed by atoms with Crippen molar-refractivity contribution in [2.75, 3.05) is 0 Å². The van der Waals surface area contributed by atoms with Gasteiger partial charge in [-0.1, -0.05) is 37.6 Å². The van der Waals surface area contributed by atoms with Gasteiger partial charge >= 0.3 is 0 Å².